The molecular weight excluding hydrogens is 320 g/mol. The van der Waals surface area contributed by atoms with E-state index in [1.54, 1.807) is 12.1 Å². The number of carboxylic acids is 1. The van der Waals surface area contributed by atoms with Crippen molar-refractivity contribution >= 4 is 21.7 Å². The van der Waals surface area contributed by atoms with Gasteiger partial charge in [-0.25, -0.2) is 17.9 Å². The largest absolute Gasteiger partial charge is 0.478 e. The summed E-state index contributed by atoms with van der Waals surface area (Å²) in [5, 5.41) is 12.2. The highest BCUT2D eigenvalue weighted by Crippen LogP contribution is 2.21. The third-order valence-corrected chi connectivity index (χ3v) is 4.57. The Balaban J connectivity index is 2.26. The summed E-state index contributed by atoms with van der Waals surface area (Å²) in [5.74, 6) is -0.567. The highest BCUT2D eigenvalue weighted by molar-refractivity contribution is 7.89. The van der Waals surface area contributed by atoms with Crippen molar-refractivity contribution < 1.29 is 22.7 Å². The van der Waals surface area contributed by atoms with Crippen molar-refractivity contribution in [1.82, 2.24) is 4.72 Å². The van der Waals surface area contributed by atoms with Gasteiger partial charge in [-0.2, -0.15) is 0 Å². The van der Waals surface area contributed by atoms with Crippen molar-refractivity contribution in [2.24, 2.45) is 0 Å². The van der Waals surface area contributed by atoms with Gasteiger partial charge in [-0.3, -0.25) is 0 Å². The zero-order valence-corrected chi connectivity index (χ0v) is 13.4. The van der Waals surface area contributed by atoms with Crippen molar-refractivity contribution in [2.75, 3.05) is 11.9 Å². The maximum absolute atomic E-state index is 12.1. The van der Waals surface area contributed by atoms with Crippen molar-refractivity contribution in [3.05, 3.63) is 47.9 Å². The number of benzene rings is 1. The second-order valence-corrected chi connectivity index (χ2v) is 6.61. The summed E-state index contributed by atoms with van der Waals surface area (Å²) in [5.41, 5.74) is 0.208. The zero-order valence-electron chi connectivity index (χ0n) is 12.6. The minimum atomic E-state index is -3.71. The highest BCUT2D eigenvalue weighted by Gasteiger charge is 2.18. The third-order valence-electron chi connectivity index (χ3n) is 3.11. The van der Waals surface area contributed by atoms with E-state index in [1.807, 2.05) is 6.92 Å². The van der Waals surface area contributed by atoms with Crippen LogP contribution in [-0.2, 0) is 16.6 Å². The SMILES string of the molecule is CCCNS(=O)(=O)c1ccc(NCc2ccco2)c(C(=O)O)c1. The van der Waals surface area contributed by atoms with Gasteiger partial charge < -0.3 is 14.8 Å². The second-order valence-electron chi connectivity index (χ2n) is 4.84. The molecule has 0 amide bonds. The molecule has 1 heterocycles. The van der Waals surface area contributed by atoms with Gasteiger partial charge in [-0.15, -0.1) is 0 Å². The zero-order chi connectivity index (χ0) is 16.9. The first-order chi connectivity index (χ1) is 10.9. The number of rotatable bonds is 8. The predicted molar refractivity (Wildman–Crippen MR) is 84.9 cm³/mol. The Morgan fingerprint density at radius 2 is 2.09 bits per heavy atom. The molecule has 1 aromatic heterocycles. The maximum atomic E-state index is 12.1. The van der Waals surface area contributed by atoms with Gasteiger partial charge in [0.1, 0.15) is 5.76 Å². The summed E-state index contributed by atoms with van der Waals surface area (Å²) in [6, 6.07) is 7.43. The average Bonchev–Trinajstić information content (AvgIpc) is 3.04. The molecule has 0 aliphatic heterocycles. The lowest BCUT2D eigenvalue weighted by Gasteiger charge is -2.11. The van der Waals surface area contributed by atoms with E-state index in [0.29, 0.717) is 31.0 Å². The van der Waals surface area contributed by atoms with Crippen molar-refractivity contribution in [1.29, 1.82) is 0 Å². The number of sulfonamides is 1. The first-order valence-corrected chi connectivity index (χ1v) is 8.55. The van der Waals surface area contributed by atoms with E-state index < -0.39 is 16.0 Å². The first kappa shape index (κ1) is 17.0. The topological polar surface area (TPSA) is 109 Å². The molecule has 0 spiro atoms. The number of hydrogen-bond donors (Lipinski definition) is 3. The number of aromatic carboxylic acids is 1. The Bertz CT molecular complexity index is 769. The average molecular weight is 338 g/mol. The molecule has 124 valence electrons. The van der Waals surface area contributed by atoms with E-state index in [2.05, 4.69) is 10.0 Å². The summed E-state index contributed by atoms with van der Waals surface area (Å²) < 4.78 is 31.7. The van der Waals surface area contributed by atoms with Crippen LogP contribution >= 0.6 is 0 Å². The molecule has 0 aliphatic carbocycles. The van der Waals surface area contributed by atoms with Crippen LogP contribution in [0.4, 0.5) is 5.69 Å². The molecule has 7 nitrogen and oxygen atoms in total. The summed E-state index contributed by atoms with van der Waals surface area (Å²) in [4.78, 5) is 11.3. The van der Waals surface area contributed by atoms with Gasteiger partial charge in [0.15, 0.2) is 0 Å². The van der Waals surface area contributed by atoms with Crippen LogP contribution in [0.25, 0.3) is 0 Å². The van der Waals surface area contributed by atoms with Gasteiger partial charge in [0.05, 0.1) is 23.3 Å². The molecule has 1 aromatic carbocycles. The van der Waals surface area contributed by atoms with Crippen LogP contribution in [0.1, 0.15) is 29.5 Å². The lowest BCUT2D eigenvalue weighted by atomic mass is 10.2. The highest BCUT2D eigenvalue weighted by atomic mass is 32.2. The molecule has 0 saturated heterocycles. The Labute approximate surface area is 134 Å². The third kappa shape index (κ3) is 4.33. The number of furan rings is 1. The van der Waals surface area contributed by atoms with Crippen LogP contribution in [0, 0.1) is 0 Å². The quantitative estimate of drug-likeness (QED) is 0.681. The molecule has 0 atom stereocenters. The summed E-state index contributed by atoms with van der Waals surface area (Å²) >= 11 is 0. The molecule has 2 rings (SSSR count). The van der Waals surface area contributed by atoms with Gasteiger partial charge in [-0.05, 0) is 36.8 Å². The Hall–Kier alpha value is -2.32. The fraction of sp³-hybridized carbons (Fsp3) is 0.267. The van der Waals surface area contributed by atoms with E-state index in [4.69, 9.17) is 4.42 Å². The molecule has 0 unspecified atom stereocenters. The van der Waals surface area contributed by atoms with Crippen LogP contribution in [0.2, 0.25) is 0 Å². The Morgan fingerprint density at radius 3 is 2.70 bits per heavy atom. The fourth-order valence-corrected chi connectivity index (χ4v) is 3.10. The van der Waals surface area contributed by atoms with E-state index in [1.165, 1.54) is 18.4 Å². The van der Waals surface area contributed by atoms with Gasteiger partial charge in [0.2, 0.25) is 10.0 Å². The Morgan fingerprint density at radius 1 is 1.30 bits per heavy atom. The second kappa shape index (κ2) is 7.30. The maximum Gasteiger partial charge on any atom is 0.337 e. The molecule has 23 heavy (non-hydrogen) atoms. The van der Waals surface area contributed by atoms with Gasteiger partial charge in [-0.1, -0.05) is 6.92 Å². The van der Waals surface area contributed by atoms with Crippen LogP contribution in [-0.4, -0.2) is 26.0 Å². The van der Waals surface area contributed by atoms with Crippen LogP contribution in [0.3, 0.4) is 0 Å². The fourth-order valence-electron chi connectivity index (χ4n) is 1.94. The van der Waals surface area contributed by atoms with Crippen LogP contribution in [0.5, 0.6) is 0 Å². The molecule has 2 aromatic rings. The van der Waals surface area contributed by atoms with E-state index >= 15 is 0 Å². The molecule has 0 fully saturated rings. The van der Waals surface area contributed by atoms with Crippen LogP contribution < -0.4 is 10.0 Å². The first-order valence-electron chi connectivity index (χ1n) is 7.07. The standard InChI is InChI=1S/C15H18N2O5S/c1-2-7-17-23(20,21)12-5-6-14(13(9-12)15(18)19)16-10-11-4-3-8-22-11/h3-6,8-9,16-17H,2,7,10H2,1H3,(H,18,19). The molecule has 0 bridgehead atoms. The van der Waals surface area contributed by atoms with Crippen LogP contribution in [0.15, 0.2) is 45.9 Å². The van der Waals surface area contributed by atoms with E-state index in [9.17, 15) is 18.3 Å². The van der Waals surface area contributed by atoms with Crippen molar-refractivity contribution in [3.8, 4) is 0 Å². The normalized spacial score (nSPS) is 11.3. The Kier molecular flexibility index (Phi) is 5.41. The number of anilines is 1. The number of carbonyl (C=O) groups is 1. The summed E-state index contributed by atoms with van der Waals surface area (Å²) in [6.07, 6.45) is 2.16. The lowest BCUT2D eigenvalue weighted by molar-refractivity contribution is 0.0697. The molecule has 3 N–H and O–H groups in total. The van der Waals surface area contributed by atoms with Crippen molar-refractivity contribution in [2.45, 2.75) is 24.8 Å². The molecular formula is C15H18N2O5S. The summed E-state index contributed by atoms with van der Waals surface area (Å²) in [7, 11) is -3.71. The van der Waals surface area contributed by atoms with E-state index in [0.717, 1.165) is 6.07 Å². The lowest BCUT2D eigenvalue weighted by Crippen LogP contribution is -2.24. The number of hydrogen-bond acceptors (Lipinski definition) is 5. The summed E-state index contributed by atoms with van der Waals surface area (Å²) in [6.45, 7) is 2.43. The number of carboxylic acid groups (broad SMARTS) is 1. The predicted octanol–water partition coefficient (Wildman–Crippen LogP) is 2.28. The van der Waals surface area contributed by atoms with E-state index in [-0.39, 0.29) is 10.5 Å². The molecule has 0 aliphatic rings. The monoisotopic (exact) mass is 338 g/mol. The molecule has 0 saturated carbocycles. The van der Waals surface area contributed by atoms with Crippen molar-refractivity contribution in [3.63, 3.8) is 0 Å². The van der Waals surface area contributed by atoms with Gasteiger partial charge >= 0.3 is 5.97 Å². The van der Waals surface area contributed by atoms with Gasteiger partial charge in [0.25, 0.3) is 0 Å². The molecule has 0 radical (unpaired) electrons. The smallest absolute Gasteiger partial charge is 0.337 e. The minimum Gasteiger partial charge on any atom is -0.478 e. The number of nitrogens with one attached hydrogen (secondary N) is 2. The van der Waals surface area contributed by atoms with Gasteiger partial charge in [0, 0.05) is 12.2 Å². The minimum absolute atomic E-state index is 0.0769. The molecule has 8 heteroatoms.